The minimum atomic E-state index is 0.0662. The van der Waals surface area contributed by atoms with Crippen molar-refractivity contribution in [2.75, 3.05) is 19.6 Å². The van der Waals surface area contributed by atoms with E-state index in [0.29, 0.717) is 6.41 Å². The minimum Gasteiger partial charge on any atom is -0.350 e. The van der Waals surface area contributed by atoms with Crippen molar-refractivity contribution in [3.8, 4) is 0 Å². The molecule has 0 radical (unpaired) electrons. The predicted molar refractivity (Wildman–Crippen MR) is 56.1 cm³/mol. The first-order valence-electron chi connectivity index (χ1n) is 5.76. The van der Waals surface area contributed by atoms with E-state index in [9.17, 15) is 9.59 Å². The Morgan fingerprint density at radius 2 is 1.87 bits per heavy atom. The summed E-state index contributed by atoms with van der Waals surface area (Å²) in [4.78, 5) is 23.7. The van der Waals surface area contributed by atoms with Crippen molar-refractivity contribution in [2.24, 2.45) is 11.8 Å². The highest BCUT2D eigenvalue weighted by atomic mass is 16.2. The number of amides is 2. The summed E-state index contributed by atoms with van der Waals surface area (Å²) in [6, 6.07) is 0. The van der Waals surface area contributed by atoms with Crippen LogP contribution in [0.5, 0.6) is 0 Å². The lowest BCUT2D eigenvalue weighted by Crippen LogP contribution is -2.36. The Morgan fingerprint density at radius 1 is 1.27 bits per heavy atom. The molecule has 0 bridgehead atoms. The molecule has 2 amide bonds. The van der Waals surface area contributed by atoms with Gasteiger partial charge < -0.3 is 10.2 Å². The molecule has 15 heavy (non-hydrogen) atoms. The maximum Gasteiger partial charge on any atom is 0.241 e. The minimum absolute atomic E-state index is 0.0662. The fourth-order valence-electron chi connectivity index (χ4n) is 2.85. The van der Waals surface area contributed by atoms with Crippen molar-refractivity contribution < 1.29 is 9.59 Å². The Balaban J connectivity index is 1.85. The zero-order chi connectivity index (χ0) is 10.7. The number of carbonyl (C=O) groups excluding carboxylic acids is 2. The lowest BCUT2D eigenvalue weighted by molar-refractivity contribution is -0.130. The topological polar surface area (TPSA) is 49.4 Å². The van der Waals surface area contributed by atoms with E-state index in [0.717, 1.165) is 24.9 Å². The van der Waals surface area contributed by atoms with Crippen molar-refractivity contribution in [3.63, 3.8) is 0 Å². The van der Waals surface area contributed by atoms with E-state index in [1.54, 1.807) is 0 Å². The molecule has 1 aliphatic heterocycles. The summed E-state index contributed by atoms with van der Waals surface area (Å²) in [5.41, 5.74) is 0. The van der Waals surface area contributed by atoms with Crippen molar-refractivity contribution in [2.45, 2.75) is 25.7 Å². The van der Waals surface area contributed by atoms with Crippen LogP contribution < -0.4 is 5.32 Å². The van der Waals surface area contributed by atoms with E-state index < -0.39 is 0 Å². The number of hydrogen-bond acceptors (Lipinski definition) is 2. The second-order valence-electron chi connectivity index (χ2n) is 4.60. The van der Waals surface area contributed by atoms with E-state index in [1.807, 2.05) is 4.90 Å². The third-order valence-corrected chi connectivity index (χ3v) is 3.67. The molecular formula is C11H18N2O2. The van der Waals surface area contributed by atoms with E-state index in [1.165, 1.54) is 25.7 Å². The SMILES string of the molecule is O=CNCC(=O)N1CC2CCCCC2C1. The van der Waals surface area contributed by atoms with Gasteiger partial charge in [-0.15, -0.1) is 0 Å². The first-order chi connectivity index (χ1) is 7.31. The monoisotopic (exact) mass is 210 g/mol. The van der Waals surface area contributed by atoms with Crippen LogP contribution in [0.4, 0.5) is 0 Å². The maximum absolute atomic E-state index is 11.7. The number of nitrogens with one attached hydrogen (secondary N) is 1. The molecule has 1 saturated heterocycles. The fraction of sp³-hybridized carbons (Fsp3) is 0.818. The van der Waals surface area contributed by atoms with Gasteiger partial charge in [0.25, 0.3) is 0 Å². The summed E-state index contributed by atoms with van der Waals surface area (Å²) < 4.78 is 0. The predicted octanol–water partition coefficient (Wildman–Crippen LogP) is 0.381. The van der Waals surface area contributed by atoms with Crippen LogP contribution >= 0.6 is 0 Å². The van der Waals surface area contributed by atoms with E-state index in [-0.39, 0.29) is 12.5 Å². The quantitative estimate of drug-likeness (QED) is 0.685. The van der Waals surface area contributed by atoms with Gasteiger partial charge in [-0.3, -0.25) is 9.59 Å². The average molecular weight is 210 g/mol. The van der Waals surface area contributed by atoms with Crippen molar-refractivity contribution in [3.05, 3.63) is 0 Å². The second-order valence-corrected chi connectivity index (χ2v) is 4.60. The molecule has 2 rings (SSSR count). The van der Waals surface area contributed by atoms with Gasteiger partial charge >= 0.3 is 0 Å². The third kappa shape index (κ3) is 2.30. The van der Waals surface area contributed by atoms with Gasteiger partial charge in [0.1, 0.15) is 0 Å². The van der Waals surface area contributed by atoms with Gasteiger partial charge in [-0.05, 0) is 24.7 Å². The summed E-state index contributed by atoms with van der Waals surface area (Å²) in [5.74, 6) is 1.51. The molecule has 84 valence electrons. The number of likely N-dealkylation sites (tertiary alicyclic amines) is 1. The molecule has 0 spiro atoms. The second kappa shape index (κ2) is 4.64. The largest absolute Gasteiger partial charge is 0.350 e. The number of fused-ring (bicyclic) bond motifs is 1. The summed E-state index contributed by atoms with van der Waals surface area (Å²) >= 11 is 0. The molecule has 2 unspecified atom stereocenters. The molecule has 0 aromatic rings. The molecule has 0 aromatic heterocycles. The van der Waals surface area contributed by atoms with Crippen molar-refractivity contribution >= 4 is 12.3 Å². The fourth-order valence-corrected chi connectivity index (χ4v) is 2.85. The van der Waals surface area contributed by atoms with Crippen LogP contribution in [0.1, 0.15) is 25.7 Å². The van der Waals surface area contributed by atoms with Gasteiger partial charge in [0.2, 0.25) is 12.3 Å². The molecule has 4 nitrogen and oxygen atoms in total. The first kappa shape index (κ1) is 10.5. The van der Waals surface area contributed by atoms with Crippen LogP contribution in [0.2, 0.25) is 0 Å². The Morgan fingerprint density at radius 3 is 2.40 bits per heavy atom. The van der Waals surface area contributed by atoms with Gasteiger partial charge in [0, 0.05) is 13.1 Å². The average Bonchev–Trinajstić information content (AvgIpc) is 2.69. The molecular weight excluding hydrogens is 192 g/mol. The molecule has 4 heteroatoms. The van der Waals surface area contributed by atoms with Crippen molar-refractivity contribution in [1.29, 1.82) is 0 Å². The smallest absolute Gasteiger partial charge is 0.241 e. The number of carbonyl (C=O) groups is 2. The summed E-state index contributed by atoms with van der Waals surface area (Å²) in [7, 11) is 0. The Bertz CT molecular complexity index is 241. The van der Waals surface area contributed by atoms with Crippen LogP contribution in [-0.2, 0) is 9.59 Å². The van der Waals surface area contributed by atoms with Crippen LogP contribution in [0.25, 0.3) is 0 Å². The summed E-state index contributed by atoms with van der Waals surface area (Å²) in [5, 5.41) is 2.43. The molecule has 1 aliphatic carbocycles. The van der Waals surface area contributed by atoms with Crippen LogP contribution in [0.3, 0.4) is 0 Å². The summed E-state index contributed by atoms with van der Waals surface area (Å²) in [6.45, 7) is 1.97. The molecule has 1 N–H and O–H groups in total. The van der Waals surface area contributed by atoms with E-state index >= 15 is 0 Å². The molecule has 2 aliphatic rings. The number of rotatable bonds is 3. The Hall–Kier alpha value is -1.06. The zero-order valence-electron chi connectivity index (χ0n) is 8.95. The molecule has 1 saturated carbocycles. The van der Waals surface area contributed by atoms with Gasteiger partial charge in [-0.1, -0.05) is 12.8 Å². The van der Waals surface area contributed by atoms with Gasteiger partial charge in [0.15, 0.2) is 0 Å². The van der Waals surface area contributed by atoms with Gasteiger partial charge in [-0.25, -0.2) is 0 Å². The normalized spacial score (nSPS) is 29.7. The lowest BCUT2D eigenvalue weighted by atomic mass is 9.82. The first-order valence-corrected chi connectivity index (χ1v) is 5.76. The van der Waals surface area contributed by atoms with Crippen LogP contribution in [0.15, 0.2) is 0 Å². The highest BCUT2D eigenvalue weighted by Gasteiger charge is 2.35. The zero-order valence-corrected chi connectivity index (χ0v) is 8.95. The van der Waals surface area contributed by atoms with E-state index in [4.69, 9.17) is 0 Å². The Labute approximate surface area is 90.0 Å². The summed E-state index contributed by atoms with van der Waals surface area (Å²) in [6.07, 6.45) is 5.76. The Kier molecular flexibility index (Phi) is 3.23. The molecule has 2 fully saturated rings. The highest BCUT2D eigenvalue weighted by Crippen LogP contribution is 2.35. The standard InChI is InChI=1S/C11H18N2O2/c14-8-12-5-11(15)13-6-9-3-1-2-4-10(9)7-13/h8-10H,1-7H2,(H,12,14). The van der Waals surface area contributed by atoms with Crippen LogP contribution in [0, 0.1) is 11.8 Å². The molecule has 0 aromatic carbocycles. The van der Waals surface area contributed by atoms with Gasteiger partial charge in [0.05, 0.1) is 6.54 Å². The molecule has 1 heterocycles. The number of nitrogens with zero attached hydrogens (tertiary/aromatic N) is 1. The lowest BCUT2D eigenvalue weighted by Gasteiger charge is -2.22. The third-order valence-electron chi connectivity index (χ3n) is 3.67. The van der Waals surface area contributed by atoms with E-state index in [2.05, 4.69) is 5.32 Å². The van der Waals surface area contributed by atoms with Crippen molar-refractivity contribution in [1.82, 2.24) is 10.2 Å². The maximum atomic E-state index is 11.7. The van der Waals surface area contributed by atoms with Crippen LogP contribution in [-0.4, -0.2) is 36.9 Å². The molecule has 2 atom stereocenters. The highest BCUT2D eigenvalue weighted by molar-refractivity contribution is 5.80. The number of hydrogen-bond donors (Lipinski definition) is 1. The van der Waals surface area contributed by atoms with Gasteiger partial charge in [-0.2, -0.15) is 0 Å².